The summed E-state index contributed by atoms with van der Waals surface area (Å²) in [5, 5.41) is 8.98. The summed E-state index contributed by atoms with van der Waals surface area (Å²) in [6.07, 6.45) is 1.59. The van der Waals surface area contributed by atoms with Gasteiger partial charge in [-0.25, -0.2) is 0 Å². The summed E-state index contributed by atoms with van der Waals surface area (Å²) in [6, 6.07) is 3.13. The predicted octanol–water partition coefficient (Wildman–Crippen LogP) is 0.618. The highest BCUT2D eigenvalue weighted by Gasteiger charge is 2.22. The molecule has 1 amide bonds. The van der Waals surface area contributed by atoms with Crippen LogP contribution in [0.3, 0.4) is 0 Å². The summed E-state index contributed by atoms with van der Waals surface area (Å²) in [5.74, 6) is 0.760. The summed E-state index contributed by atoms with van der Waals surface area (Å²) < 4.78 is 10.4. The molecule has 1 heterocycles. The molecule has 0 spiro atoms. The zero-order chi connectivity index (χ0) is 13.8. The molecule has 0 atom stereocenters. The highest BCUT2D eigenvalue weighted by atomic mass is 16.7. The number of fused-ring (bicyclic) bond motifs is 1. The number of nitrogen functional groups attached to an aromatic ring is 1. The molecule has 1 aromatic rings. The van der Waals surface area contributed by atoms with Gasteiger partial charge < -0.3 is 25.2 Å². The second kappa shape index (κ2) is 5.62. The van der Waals surface area contributed by atoms with Gasteiger partial charge in [0.1, 0.15) is 0 Å². The van der Waals surface area contributed by atoms with Gasteiger partial charge in [-0.15, -0.1) is 6.58 Å². The fourth-order valence-electron chi connectivity index (χ4n) is 1.87. The van der Waals surface area contributed by atoms with Crippen LogP contribution in [0.4, 0.5) is 5.69 Å². The van der Waals surface area contributed by atoms with E-state index in [0.29, 0.717) is 29.3 Å². The Bertz CT molecular complexity index is 502. The van der Waals surface area contributed by atoms with Gasteiger partial charge in [0.15, 0.2) is 11.5 Å². The molecule has 0 aliphatic carbocycles. The van der Waals surface area contributed by atoms with Gasteiger partial charge in [0, 0.05) is 24.8 Å². The molecule has 1 aliphatic heterocycles. The second-order valence-corrected chi connectivity index (χ2v) is 4.06. The molecule has 0 radical (unpaired) electrons. The summed E-state index contributed by atoms with van der Waals surface area (Å²) in [5.41, 5.74) is 6.51. The molecule has 0 aromatic heterocycles. The lowest BCUT2D eigenvalue weighted by Gasteiger charge is -2.21. The topological polar surface area (TPSA) is 85.0 Å². The Morgan fingerprint density at radius 3 is 2.79 bits per heavy atom. The number of aliphatic hydroxyl groups excluding tert-OH is 1. The van der Waals surface area contributed by atoms with Crippen LogP contribution in [0.25, 0.3) is 0 Å². The van der Waals surface area contributed by atoms with Crippen LogP contribution in [0.2, 0.25) is 0 Å². The third kappa shape index (κ3) is 2.63. The zero-order valence-corrected chi connectivity index (χ0v) is 10.5. The van der Waals surface area contributed by atoms with Gasteiger partial charge in [0.25, 0.3) is 5.91 Å². The summed E-state index contributed by atoms with van der Waals surface area (Å²) in [4.78, 5) is 13.8. The van der Waals surface area contributed by atoms with Crippen molar-refractivity contribution in [3.05, 3.63) is 30.4 Å². The first-order valence-electron chi connectivity index (χ1n) is 5.87. The maximum atomic E-state index is 12.3. The van der Waals surface area contributed by atoms with Crippen LogP contribution in [-0.4, -0.2) is 42.4 Å². The van der Waals surface area contributed by atoms with Gasteiger partial charge in [0.05, 0.1) is 12.2 Å². The molecule has 0 saturated heterocycles. The summed E-state index contributed by atoms with van der Waals surface area (Å²) in [7, 11) is 0. The highest BCUT2D eigenvalue weighted by Crippen LogP contribution is 2.36. The maximum Gasteiger partial charge on any atom is 0.256 e. The summed E-state index contributed by atoms with van der Waals surface area (Å²) >= 11 is 0. The van der Waals surface area contributed by atoms with E-state index in [-0.39, 0.29) is 25.9 Å². The quantitative estimate of drug-likeness (QED) is 0.601. The number of benzene rings is 1. The maximum absolute atomic E-state index is 12.3. The van der Waals surface area contributed by atoms with Crippen LogP contribution in [0.1, 0.15) is 10.4 Å². The fourth-order valence-corrected chi connectivity index (χ4v) is 1.87. The zero-order valence-electron chi connectivity index (χ0n) is 10.5. The fraction of sp³-hybridized carbons (Fsp3) is 0.308. The number of carbonyl (C=O) groups excluding carboxylic acids is 1. The van der Waals surface area contributed by atoms with Gasteiger partial charge in [-0.2, -0.15) is 0 Å². The molecule has 102 valence electrons. The lowest BCUT2D eigenvalue weighted by molar-refractivity contribution is 0.0743. The van der Waals surface area contributed by atoms with Crippen molar-refractivity contribution < 1.29 is 19.4 Å². The van der Waals surface area contributed by atoms with Crippen LogP contribution in [0, 0.1) is 0 Å². The minimum Gasteiger partial charge on any atom is -0.454 e. The first-order chi connectivity index (χ1) is 9.17. The monoisotopic (exact) mass is 264 g/mol. The normalized spacial score (nSPS) is 12.3. The lowest BCUT2D eigenvalue weighted by atomic mass is 10.1. The van der Waals surface area contributed by atoms with Crippen LogP contribution in [-0.2, 0) is 0 Å². The van der Waals surface area contributed by atoms with Crippen molar-refractivity contribution in [3.63, 3.8) is 0 Å². The number of hydrogen-bond acceptors (Lipinski definition) is 5. The number of anilines is 1. The Kier molecular flexibility index (Phi) is 3.91. The molecule has 6 nitrogen and oxygen atoms in total. The van der Waals surface area contributed by atoms with E-state index in [9.17, 15) is 4.79 Å². The van der Waals surface area contributed by atoms with E-state index in [1.807, 2.05) is 0 Å². The molecule has 0 unspecified atom stereocenters. The SMILES string of the molecule is C=CCN(CCO)C(=O)c1cc2c(cc1N)OCO2. The largest absolute Gasteiger partial charge is 0.454 e. The number of nitrogens with zero attached hydrogens (tertiary/aromatic N) is 1. The first kappa shape index (κ1) is 13.2. The number of nitrogens with two attached hydrogens (primary N) is 1. The average molecular weight is 264 g/mol. The third-order valence-electron chi connectivity index (χ3n) is 2.78. The molecule has 19 heavy (non-hydrogen) atoms. The van der Waals surface area contributed by atoms with E-state index in [0.717, 1.165) is 0 Å². The van der Waals surface area contributed by atoms with Crippen molar-refractivity contribution in [3.8, 4) is 11.5 Å². The van der Waals surface area contributed by atoms with Crippen LogP contribution < -0.4 is 15.2 Å². The molecule has 0 fully saturated rings. The lowest BCUT2D eigenvalue weighted by Crippen LogP contribution is -2.34. The van der Waals surface area contributed by atoms with Crippen LogP contribution >= 0.6 is 0 Å². The van der Waals surface area contributed by atoms with E-state index in [4.69, 9.17) is 20.3 Å². The smallest absolute Gasteiger partial charge is 0.256 e. The van der Waals surface area contributed by atoms with Crippen molar-refractivity contribution in [1.82, 2.24) is 4.90 Å². The van der Waals surface area contributed by atoms with Crippen molar-refractivity contribution in [1.29, 1.82) is 0 Å². The number of carbonyl (C=O) groups is 1. The van der Waals surface area contributed by atoms with E-state index >= 15 is 0 Å². The Balaban J connectivity index is 2.29. The number of aliphatic hydroxyl groups is 1. The van der Waals surface area contributed by atoms with Gasteiger partial charge in [0.2, 0.25) is 6.79 Å². The van der Waals surface area contributed by atoms with Gasteiger partial charge >= 0.3 is 0 Å². The molecule has 3 N–H and O–H groups in total. The summed E-state index contributed by atoms with van der Waals surface area (Å²) in [6.45, 7) is 4.15. The molecule has 2 rings (SSSR count). The number of ether oxygens (including phenoxy) is 2. The predicted molar refractivity (Wildman–Crippen MR) is 70.2 cm³/mol. The Morgan fingerprint density at radius 1 is 1.47 bits per heavy atom. The number of hydrogen-bond donors (Lipinski definition) is 2. The van der Waals surface area contributed by atoms with Gasteiger partial charge in [-0.05, 0) is 6.07 Å². The Hall–Kier alpha value is -2.21. The van der Waals surface area contributed by atoms with Crippen LogP contribution in [0.15, 0.2) is 24.8 Å². The van der Waals surface area contributed by atoms with Crippen molar-refractivity contribution in [2.45, 2.75) is 0 Å². The standard InChI is InChI=1S/C13H16N2O4/c1-2-3-15(4-5-16)13(17)9-6-11-12(7-10(9)14)19-8-18-11/h2,6-7,16H,1,3-5,8,14H2. The molecular weight excluding hydrogens is 248 g/mol. The number of rotatable bonds is 5. The van der Waals surface area contributed by atoms with Crippen molar-refractivity contribution in [2.24, 2.45) is 0 Å². The molecule has 0 bridgehead atoms. The minimum absolute atomic E-state index is 0.121. The number of amides is 1. The molecule has 0 saturated carbocycles. The minimum atomic E-state index is -0.273. The third-order valence-corrected chi connectivity index (χ3v) is 2.78. The Labute approximate surface area is 111 Å². The molecular formula is C13H16N2O4. The van der Waals surface area contributed by atoms with E-state index < -0.39 is 0 Å². The van der Waals surface area contributed by atoms with E-state index in [2.05, 4.69) is 6.58 Å². The van der Waals surface area contributed by atoms with E-state index in [1.54, 1.807) is 18.2 Å². The molecule has 1 aromatic carbocycles. The highest BCUT2D eigenvalue weighted by molar-refractivity contribution is 6.00. The van der Waals surface area contributed by atoms with Crippen molar-refractivity contribution in [2.75, 3.05) is 32.2 Å². The van der Waals surface area contributed by atoms with Gasteiger partial charge in [-0.1, -0.05) is 6.08 Å². The Morgan fingerprint density at radius 2 is 2.16 bits per heavy atom. The molecule has 6 heteroatoms. The molecule has 1 aliphatic rings. The van der Waals surface area contributed by atoms with Gasteiger partial charge in [-0.3, -0.25) is 4.79 Å². The second-order valence-electron chi connectivity index (χ2n) is 4.06. The first-order valence-corrected chi connectivity index (χ1v) is 5.87. The average Bonchev–Trinajstić information content (AvgIpc) is 2.83. The van der Waals surface area contributed by atoms with Crippen LogP contribution in [0.5, 0.6) is 11.5 Å². The van der Waals surface area contributed by atoms with Crippen molar-refractivity contribution >= 4 is 11.6 Å². The van der Waals surface area contributed by atoms with E-state index in [1.165, 1.54) is 4.90 Å².